The van der Waals surface area contributed by atoms with Gasteiger partial charge in [0.25, 0.3) is 0 Å². The van der Waals surface area contributed by atoms with E-state index in [4.69, 9.17) is 14.2 Å². The summed E-state index contributed by atoms with van der Waals surface area (Å²) in [6, 6.07) is 3.60. The average Bonchev–Trinajstić information content (AvgIpc) is 2.59. The zero-order valence-electron chi connectivity index (χ0n) is 13.4. The number of hydrogen-bond donors (Lipinski definition) is 2. The molecule has 6 heteroatoms. The Labute approximate surface area is 131 Å². The number of methoxy groups -OCH3 is 3. The predicted octanol–water partition coefficient (Wildman–Crippen LogP) is 1.47. The van der Waals surface area contributed by atoms with Gasteiger partial charge in [-0.25, -0.2) is 0 Å². The van der Waals surface area contributed by atoms with Crippen LogP contribution in [0.5, 0.6) is 17.2 Å². The molecule has 1 aromatic rings. The Morgan fingerprint density at radius 1 is 1.18 bits per heavy atom. The van der Waals surface area contributed by atoms with Crippen molar-refractivity contribution in [3.05, 3.63) is 17.7 Å². The van der Waals surface area contributed by atoms with Crippen molar-refractivity contribution in [2.75, 3.05) is 27.9 Å². The second kappa shape index (κ2) is 7.89. The van der Waals surface area contributed by atoms with E-state index in [1.54, 1.807) is 21.3 Å². The maximum atomic E-state index is 12.1. The highest BCUT2D eigenvalue weighted by atomic mass is 16.5. The van der Waals surface area contributed by atoms with Crippen molar-refractivity contribution in [1.82, 2.24) is 10.6 Å². The summed E-state index contributed by atoms with van der Waals surface area (Å²) >= 11 is 0. The third-order valence-corrected chi connectivity index (χ3v) is 3.82. The zero-order chi connectivity index (χ0) is 15.9. The van der Waals surface area contributed by atoms with Gasteiger partial charge in [-0.1, -0.05) is 6.42 Å². The number of carbonyl (C=O) groups excluding carboxylic acids is 1. The van der Waals surface area contributed by atoms with Crippen LogP contribution < -0.4 is 24.8 Å². The monoisotopic (exact) mass is 308 g/mol. The van der Waals surface area contributed by atoms with Gasteiger partial charge in [-0.05, 0) is 37.1 Å². The van der Waals surface area contributed by atoms with Gasteiger partial charge in [-0.15, -0.1) is 0 Å². The van der Waals surface area contributed by atoms with Gasteiger partial charge >= 0.3 is 0 Å². The summed E-state index contributed by atoms with van der Waals surface area (Å²) in [6.45, 7) is 1.33. The van der Waals surface area contributed by atoms with E-state index in [0.29, 0.717) is 23.8 Å². The minimum atomic E-state index is -0.0872. The van der Waals surface area contributed by atoms with Gasteiger partial charge in [-0.2, -0.15) is 0 Å². The van der Waals surface area contributed by atoms with E-state index in [1.807, 2.05) is 12.1 Å². The summed E-state index contributed by atoms with van der Waals surface area (Å²) in [5.74, 6) is 1.76. The quantitative estimate of drug-likeness (QED) is 0.833. The highest BCUT2D eigenvalue weighted by Gasteiger charge is 2.20. The molecular weight excluding hydrogens is 284 g/mol. The van der Waals surface area contributed by atoms with Crippen molar-refractivity contribution in [3.63, 3.8) is 0 Å². The Hall–Kier alpha value is -1.95. The van der Waals surface area contributed by atoms with Gasteiger partial charge in [0, 0.05) is 6.54 Å². The lowest BCUT2D eigenvalue weighted by atomic mass is 10.0. The average molecular weight is 308 g/mol. The first-order valence-electron chi connectivity index (χ1n) is 7.49. The SMILES string of the molecule is COc1cc(CNC(=O)[C@H]2CCCCN2)cc(OC)c1OC. The molecule has 122 valence electrons. The Balaban J connectivity index is 2.04. The van der Waals surface area contributed by atoms with E-state index in [1.165, 1.54) is 0 Å². The van der Waals surface area contributed by atoms with Gasteiger partial charge in [0.1, 0.15) is 0 Å². The van der Waals surface area contributed by atoms with E-state index in [2.05, 4.69) is 10.6 Å². The standard InChI is InChI=1S/C16H24N2O4/c1-20-13-8-11(9-14(21-2)15(13)22-3)10-18-16(19)12-6-4-5-7-17-12/h8-9,12,17H,4-7,10H2,1-3H3,(H,18,19)/t12-/m1/s1. The second-order valence-electron chi connectivity index (χ2n) is 5.25. The number of amides is 1. The van der Waals surface area contributed by atoms with Gasteiger partial charge in [0.15, 0.2) is 11.5 Å². The molecule has 22 heavy (non-hydrogen) atoms. The van der Waals surface area contributed by atoms with Crippen LogP contribution in [-0.4, -0.2) is 39.8 Å². The molecule has 2 N–H and O–H groups in total. The number of ether oxygens (including phenoxy) is 3. The lowest BCUT2D eigenvalue weighted by Crippen LogP contribution is -2.46. The first-order valence-corrected chi connectivity index (χ1v) is 7.49. The van der Waals surface area contributed by atoms with E-state index < -0.39 is 0 Å². The summed E-state index contributed by atoms with van der Waals surface area (Å²) in [7, 11) is 4.72. The maximum absolute atomic E-state index is 12.1. The molecular formula is C16H24N2O4. The molecule has 1 atom stereocenters. The third kappa shape index (κ3) is 3.82. The first-order chi connectivity index (χ1) is 10.7. The van der Waals surface area contributed by atoms with Gasteiger partial charge < -0.3 is 24.8 Å². The second-order valence-corrected chi connectivity index (χ2v) is 5.25. The Morgan fingerprint density at radius 2 is 1.86 bits per heavy atom. The predicted molar refractivity (Wildman–Crippen MR) is 83.6 cm³/mol. The Kier molecular flexibility index (Phi) is 5.89. The van der Waals surface area contributed by atoms with Crippen LogP contribution in [0.1, 0.15) is 24.8 Å². The molecule has 1 aliphatic rings. The van der Waals surface area contributed by atoms with Crippen molar-refractivity contribution >= 4 is 5.91 Å². The molecule has 1 fully saturated rings. The fourth-order valence-corrected chi connectivity index (χ4v) is 2.63. The number of rotatable bonds is 6. The van der Waals surface area contributed by atoms with Crippen LogP contribution >= 0.6 is 0 Å². The molecule has 1 saturated heterocycles. The van der Waals surface area contributed by atoms with Gasteiger partial charge in [0.2, 0.25) is 11.7 Å². The number of piperidine rings is 1. The Bertz CT molecular complexity index is 488. The van der Waals surface area contributed by atoms with Crippen molar-refractivity contribution in [2.24, 2.45) is 0 Å². The Morgan fingerprint density at radius 3 is 2.36 bits per heavy atom. The lowest BCUT2D eigenvalue weighted by Gasteiger charge is -2.22. The summed E-state index contributed by atoms with van der Waals surface area (Å²) in [4.78, 5) is 12.1. The molecule has 2 rings (SSSR count). The summed E-state index contributed by atoms with van der Waals surface area (Å²) in [5.41, 5.74) is 0.902. The van der Waals surface area contributed by atoms with Crippen LogP contribution in [0.4, 0.5) is 0 Å². The minimum Gasteiger partial charge on any atom is -0.493 e. The molecule has 1 heterocycles. The molecule has 0 aliphatic carbocycles. The van der Waals surface area contributed by atoms with E-state index in [-0.39, 0.29) is 11.9 Å². The largest absolute Gasteiger partial charge is 0.493 e. The topological polar surface area (TPSA) is 68.8 Å². The van der Waals surface area contributed by atoms with Gasteiger partial charge in [0.05, 0.1) is 27.4 Å². The highest BCUT2D eigenvalue weighted by Crippen LogP contribution is 2.38. The third-order valence-electron chi connectivity index (χ3n) is 3.82. The molecule has 6 nitrogen and oxygen atoms in total. The molecule has 1 aromatic carbocycles. The molecule has 0 saturated carbocycles. The van der Waals surface area contributed by atoms with Crippen molar-refractivity contribution in [3.8, 4) is 17.2 Å². The fraction of sp³-hybridized carbons (Fsp3) is 0.562. The van der Waals surface area contributed by atoms with Crippen LogP contribution in [0.2, 0.25) is 0 Å². The normalized spacial score (nSPS) is 17.7. The molecule has 1 amide bonds. The van der Waals surface area contributed by atoms with Crippen LogP contribution in [0.15, 0.2) is 12.1 Å². The molecule has 1 aliphatic heterocycles. The molecule has 0 unspecified atom stereocenters. The van der Waals surface area contributed by atoms with Crippen LogP contribution in [0.25, 0.3) is 0 Å². The number of hydrogen-bond acceptors (Lipinski definition) is 5. The van der Waals surface area contributed by atoms with Crippen LogP contribution in [0, 0.1) is 0 Å². The fourth-order valence-electron chi connectivity index (χ4n) is 2.63. The first kappa shape index (κ1) is 16.4. The molecule has 0 radical (unpaired) electrons. The number of nitrogens with one attached hydrogen (secondary N) is 2. The molecule has 0 aromatic heterocycles. The van der Waals surface area contributed by atoms with Crippen molar-refractivity contribution in [2.45, 2.75) is 31.8 Å². The summed E-state index contributed by atoms with van der Waals surface area (Å²) < 4.78 is 15.9. The van der Waals surface area contributed by atoms with Crippen LogP contribution in [0.3, 0.4) is 0 Å². The minimum absolute atomic E-state index is 0.0356. The van der Waals surface area contributed by atoms with E-state index >= 15 is 0 Å². The maximum Gasteiger partial charge on any atom is 0.237 e. The van der Waals surface area contributed by atoms with Crippen molar-refractivity contribution in [1.29, 1.82) is 0 Å². The van der Waals surface area contributed by atoms with Crippen molar-refractivity contribution < 1.29 is 19.0 Å². The summed E-state index contributed by atoms with van der Waals surface area (Å²) in [6.07, 6.45) is 3.12. The lowest BCUT2D eigenvalue weighted by molar-refractivity contribution is -0.123. The smallest absolute Gasteiger partial charge is 0.237 e. The highest BCUT2D eigenvalue weighted by molar-refractivity contribution is 5.81. The number of benzene rings is 1. The zero-order valence-corrected chi connectivity index (χ0v) is 13.4. The van der Waals surface area contributed by atoms with E-state index in [9.17, 15) is 4.79 Å². The number of carbonyl (C=O) groups is 1. The summed E-state index contributed by atoms with van der Waals surface area (Å²) in [5, 5.41) is 6.19. The molecule has 0 spiro atoms. The van der Waals surface area contributed by atoms with Gasteiger partial charge in [-0.3, -0.25) is 4.79 Å². The molecule has 0 bridgehead atoms. The van der Waals surface area contributed by atoms with Crippen LogP contribution in [-0.2, 0) is 11.3 Å². The van der Waals surface area contributed by atoms with E-state index in [0.717, 1.165) is 31.4 Å².